The molecule has 2 aliphatic heterocycles. The molecule has 2 heterocycles. The van der Waals surface area contributed by atoms with Gasteiger partial charge in [0.2, 0.25) is 0 Å². The second kappa shape index (κ2) is 7.58. The van der Waals surface area contributed by atoms with Crippen LogP contribution in [0.1, 0.15) is 12.8 Å². The predicted octanol–water partition coefficient (Wildman–Crippen LogP) is -0.418. The van der Waals surface area contributed by atoms with E-state index in [0.717, 1.165) is 0 Å². The van der Waals surface area contributed by atoms with E-state index in [0.29, 0.717) is 52.4 Å². The number of urea groups is 1. The van der Waals surface area contributed by atoms with Gasteiger partial charge in [0.25, 0.3) is 0 Å². The van der Waals surface area contributed by atoms with Gasteiger partial charge >= 0.3 is 12.0 Å². The van der Waals surface area contributed by atoms with Gasteiger partial charge in [-0.25, -0.2) is 4.79 Å². The number of hydrogen-bond acceptors (Lipinski definition) is 5. The monoisotopic (exact) mass is 302 g/mol. The van der Waals surface area contributed by atoms with Crippen LogP contribution in [0.4, 0.5) is 4.79 Å². The molecule has 2 aliphatic rings. The van der Waals surface area contributed by atoms with Crippen LogP contribution in [0.15, 0.2) is 0 Å². The summed E-state index contributed by atoms with van der Waals surface area (Å²) in [7, 11) is 0. The lowest BCUT2D eigenvalue weighted by atomic mass is 9.80. The standard InChI is InChI=1S/C13H22N2O6/c16-11(17)13(1-3-19-4-2-13)9-15-12(18)14-7-10-8-20-5-6-21-10/h10H,1-9H2,(H,16,17)(H2,14,15,18). The van der Waals surface area contributed by atoms with Crippen molar-refractivity contribution in [3.05, 3.63) is 0 Å². The molecule has 8 heteroatoms. The number of carboxylic acid groups (broad SMARTS) is 1. The maximum Gasteiger partial charge on any atom is 0.314 e. The van der Waals surface area contributed by atoms with Crippen molar-refractivity contribution in [2.75, 3.05) is 46.1 Å². The zero-order chi connectivity index (χ0) is 15.1. The van der Waals surface area contributed by atoms with Crippen molar-refractivity contribution >= 4 is 12.0 Å². The summed E-state index contributed by atoms with van der Waals surface area (Å²) in [6.45, 7) is 2.80. The quantitative estimate of drug-likeness (QED) is 0.637. The molecule has 2 rings (SSSR count). The number of aliphatic carboxylic acids is 1. The minimum absolute atomic E-state index is 0.0968. The van der Waals surface area contributed by atoms with Crippen molar-refractivity contribution < 1.29 is 28.9 Å². The van der Waals surface area contributed by atoms with Crippen molar-refractivity contribution in [1.82, 2.24) is 10.6 Å². The summed E-state index contributed by atoms with van der Waals surface area (Å²) in [6, 6.07) is -0.392. The van der Waals surface area contributed by atoms with Gasteiger partial charge in [0.1, 0.15) is 0 Å². The number of ether oxygens (including phenoxy) is 3. The molecule has 3 N–H and O–H groups in total. The van der Waals surface area contributed by atoms with Crippen LogP contribution in [0.25, 0.3) is 0 Å². The first kappa shape index (κ1) is 16.0. The normalized spacial score (nSPS) is 25.0. The highest BCUT2D eigenvalue weighted by Gasteiger charge is 2.40. The number of carboxylic acids is 1. The SMILES string of the molecule is O=C(NCC1COCCO1)NCC1(C(=O)O)CCOCC1. The summed E-state index contributed by atoms with van der Waals surface area (Å²) < 4.78 is 15.8. The first-order chi connectivity index (χ1) is 10.1. The fraction of sp³-hybridized carbons (Fsp3) is 0.846. The maximum absolute atomic E-state index is 11.8. The van der Waals surface area contributed by atoms with E-state index in [1.165, 1.54) is 0 Å². The Balaban J connectivity index is 1.72. The Kier molecular flexibility index (Phi) is 5.77. The summed E-state index contributed by atoms with van der Waals surface area (Å²) in [6.07, 6.45) is 0.658. The molecule has 21 heavy (non-hydrogen) atoms. The lowest BCUT2D eigenvalue weighted by Gasteiger charge is -2.33. The molecular formula is C13H22N2O6. The molecule has 8 nitrogen and oxygen atoms in total. The summed E-state index contributed by atoms with van der Waals surface area (Å²) >= 11 is 0. The molecule has 1 unspecified atom stereocenters. The summed E-state index contributed by atoms with van der Waals surface area (Å²) in [5.74, 6) is -0.893. The van der Waals surface area contributed by atoms with Crippen LogP contribution in [-0.2, 0) is 19.0 Å². The van der Waals surface area contributed by atoms with E-state index in [9.17, 15) is 14.7 Å². The molecule has 2 saturated heterocycles. The fourth-order valence-electron chi connectivity index (χ4n) is 2.40. The predicted molar refractivity (Wildman–Crippen MR) is 72.1 cm³/mol. The minimum atomic E-state index is -0.931. The molecule has 0 aromatic heterocycles. The van der Waals surface area contributed by atoms with Gasteiger partial charge in [0, 0.05) is 26.3 Å². The van der Waals surface area contributed by atoms with Crippen LogP contribution >= 0.6 is 0 Å². The van der Waals surface area contributed by atoms with Crippen molar-refractivity contribution in [2.45, 2.75) is 18.9 Å². The summed E-state index contributed by atoms with van der Waals surface area (Å²) in [5, 5.41) is 14.7. The van der Waals surface area contributed by atoms with Gasteiger partial charge in [-0.15, -0.1) is 0 Å². The van der Waals surface area contributed by atoms with Gasteiger partial charge in [-0.2, -0.15) is 0 Å². The Morgan fingerprint density at radius 1 is 1.10 bits per heavy atom. The lowest BCUT2D eigenvalue weighted by molar-refractivity contribution is -0.154. The Labute approximate surface area is 123 Å². The average Bonchev–Trinajstić information content (AvgIpc) is 2.52. The van der Waals surface area contributed by atoms with Gasteiger partial charge in [0.05, 0.1) is 31.3 Å². The van der Waals surface area contributed by atoms with Crippen molar-refractivity contribution in [2.24, 2.45) is 5.41 Å². The summed E-state index contributed by atoms with van der Waals surface area (Å²) in [5.41, 5.74) is -0.931. The van der Waals surface area contributed by atoms with E-state index < -0.39 is 17.4 Å². The molecule has 120 valence electrons. The number of nitrogens with one attached hydrogen (secondary N) is 2. The van der Waals surface area contributed by atoms with E-state index in [4.69, 9.17) is 14.2 Å². The number of carbonyl (C=O) groups excluding carboxylic acids is 1. The molecule has 0 bridgehead atoms. The van der Waals surface area contributed by atoms with Crippen LogP contribution in [0.2, 0.25) is 0 Å². The second-order valence-corrected chi connectivity index (χ2v) is 5.33. The number of rotatable bonds is 5. The van der Waals surface area contributed by atoms with E-state index in [1.807, 2.05) is 0 Å². The fourth-order valence-corrected chi connectivity index (χ4v) is 2.40. The van der Waals surface area contributed by atoms with Crippen molar-refractivity contribution in [3.63, 3.8) is 0 Å². The Morgan fingerprint density at radius 2 is 1.86 bits per heavy atom. The van der Waals surface area contributed by atoms with Crippen LogP contribution in [0.3, 0.4) is 0 Å². The van der Waals surface area contributed by atoms with E-state index >= 15 is 0 Å². The van der Waals surface area contributed by atoms with Gasteiger partial charge in [-0.05, 0) is 12.8 Å². The topological polar surface area (TPSA) is 106 Å². The molecule has 1 atom stereocenters. The second-order valence-electron chi connectivity index (χ2n) is 5.33. The van der Waals surface area contributed by atoms with Crippen LogP contribution in [0.5, 0.6) is 0 Å². The third kappa shape index (κ3) is 4.55. The Bertz CT molecular complexity index is 364. The number of amides is 2. The van der Waals surface area contributed by atoms with E-state index in [2.05, 4.69) is 10.6 Å². The van der Waals surface area contributed by atoms with Gasteiger partial charge in [-0.3, -0.25) is 4.79 Å². The molecule has 0 aliphatic carbocycles. The molecule has 2 amide bonds. The zero-order valence-electron chi connectivity index (χ0n) is 11.9. The summed E-state index contributed by atoms with van der Waals surface area (Å²) in [4.78, 5) is 23.2. The third-order valence-electron chi connectivity index (χ3n) is 3.87. The molecule has 0 aromatic carbocycles. The molecule has 0 spiro atoms. The largest absolute Gasteiger partial charge is 0.481 e. The Morgan fingerprint density at radius 3 is 2.48 bits per heavy atom. The molecular weight excluding hydrogens is 280 g/mol. The highest BCUT2D eigenvalue weighted by Crippen LogP contribution is 2.29. The smallest absolute Gasteiger partial charge is 0.314 e. The Hall–Kier alpha value is -1.38. The number of carbonyl (C=O) groups is 2. The molecule has 0 saturated carbocycles. The van der Waals surface area contributed by atoms with Crippen LogP contribution < -0.4 is 10.6 Å². The lowest BCUT2D eigenvalue weighted by Crippen LogP contribution is -2.50. The first-order valence-corrected chi connectivity index (χ1v) is 7.15. The third-order valence-corrected chi connectivity index (χ3v) is 3.87. The van der Waals surface area contributed by atoms with Gasteiger partial charge < -0.3 is 30.0 Å². The van der Waals surface area contributed by atoms with E-state index in [-0.39, 0.29) is 12.6 Å². The van der Waals surface area contributed by atoms with Gasteiger partial charge in [0.15, 0.2) is 0 Å². The van der Waals surface area contributed by atoms with Crippen molar-refractivity contribution in [3.8, 4) is 0 Å². The highest BCUT2D eigenvalue weighted by molar-refractivity contribution is 5.78. The van der Waals surface area contributed by atoms with Crippen LogP contribution in [0, 0.1) is 5.41 Å². The van der Waals surface area contributed by atoms with Gasteiger partial charge in [-0.1, -0.05) is 0 Å². The zero-order valence-corrected chi connectivity index (χ0v) is 11.9. The first-order valence-electron chi connectivity index (χ1n) is 7.15. The van der Waals surface area contributed by atoms with Crippen LogP contribution in [-0.4, -0.2) is 69.3 Å². The van der Waals surface area contributed by atoms with Crippen molar-refractivity contribution in [1.29, 1.82) is 0 Å². The number of hydrogen-bond donors (Lipinski definition) is 3. The minimum Gasteiger partial charge on any atom is -0.481 e. The molecule has 0 radical (unpaired) electrons. The maximum atomic E-state index is 11.8. The highest BCUT2D eigenvalue weighted by atomic mass is 16.6. The van der Waals surface area contributed by atoms with E-state index in [1.54, 1.807) is 0 Å². The average molecular weight is 302 g/mol. The molecule has 0 aromatic rings. The molecule has 2 fully saturated rings.